The van der Waals surface area contributed by atoms with Crippen LogP contribution in [0.15, 0.2) is 24.3 Å². The molecule has 1 rings (SSSR count). The highest BCUT2D eigenvalue weighted by Crippen LogP contribution is 2.19. The van der Waals surface area contributed by atoms with Crippen LogP contribution in [0.1, 0.15) is 18.6 Å². The lowest BCUT2D eigenvalue weighted by molar-refractivity contribution is -0.00273. The van der Waals surface area contributed by atoms with Crippen molar-refractivity contribution in [3.8, 4) is 0 Å². The van der Waals surface area contributed by atoms with Crippen LogP contribution >= 0.6 is 11.6 Å². The van der Waals surface area contributed by atoms with Crippen LogP contribution in [0.5, 0.6) is 0 Å². The van der Waals surface area contributed by atoms with Crippen LogP contribution < -0.4 is 5.32 Å². The largest absolute Gasteiger partial charge is 0.394 e. The Bertz CT molecular complexity index is 374. The molecule has 0 radical (unpaired) electrons. The van der Waals surface area contributed by atoms with Crippen LogP contribution in [0.3, 0.4) is 0 Å². The molecule has 0 aromatic heterocycles. The average Bonchev–Trinajstić information content (AvgIpc) is 2.49. The third kappa shape index (κ3) is 8.36. The van der Waals surface area contributed by atoms with Crippen LogP contribution in [0.2, 0.25) is 5.02 Å². The quantitative estimate of drug-likeness (QED) is 0.538. The molecule has 6 heteroatoms. The van der Waals surface area contributed by atoms with E-state index in [-0.39, 0.29) is 19.3 Å². The fraction of sp³-hybridized carbons (Fsp3) is 0.600. The summed E-state index contributed by atoms with van der Waals surface area (Å²) in [5.74, 6) is 0. The van der Waals surface area contributed by atoms with Gasteiger partial charge >= 0.3 is 0 Å². The smallest absolute Gasteiger partial charge is 0.0897 e. The second-order valence-electron chi connectivity index (χ2n) is 4.72. The Labute approximate surface area is 130 Å². The van der Waals surface area contributed by atoms with Crippen molar-refractivity contribution >= 4 is 11.6 Å². The highest BCUT2D eigenvalue weighted by atomic mass is 35.5. The molecule has 0 aliphatic rings. The van der Waals surface area contributed by atoms with Crippen molar-refractivity contribution in [1.82, 2.24) is 5.32 Å². The van der Waals surface area contributed by atoms with Crippen molar-refractivity contribution in [1.29, 1.82) is 0 Å². The van der Waals surface area contributed by atoms with Gasteiger partial charge in [0.05, 0.1) is 38.6 Å². The van der Waals surface area contributed by atoms with E-state index < -0.39 is 6.10 Å². The number of hydrogen-bond acceptors (Lipinski definition) is 5. The van der Waals surface area contributed by atoms with E-state index in [0.717, 1.165) is 5.56 Å². The van der Waals surface area contributed by atoms with E-state index in [1.165, 1.54) is 0 Å². The van der Waals surface area contributed by atoms with E-state index in [2.05, 4.69) is 5.32 Å². The summed E-state index contributed by atoms with van der Waals surface area (Å²) in [5, 5.41) is 22.1. The second kappa shape index (κ2) is 11.0. The highest BCUT2D eigenvalue weighted by molar-refractivity contribution is 6.30. The number of hydrogen-bond donors (Lipinski definition) is 3. The molecule has 0 heterocycles. The highest BCUT2D eigenvalue weighted by Gasteiger charge is 2.09. The molecule has 0 aliphatic heterocycles. The minimum atomic E-state index is -0.572. The molecule has 0 amide bonds. The molecule has 2 atom stereocenters. The minimum absolute atomic E-state index is 0.0268. The molecule has 0 unspecified atom stereocenters. The molecule has 5 nitrogen and oxygen atoms in total. The van der Waals surface area contributed by atoms with E-state index in [9.17, 15) is 5.11 Å². The molecule has 1 aromatic carbocycles. The monoisotopic (exact) mass is 317 g/mol. The van der Waals surface area contributed by atoms with Crippen LogP contribution in [-0.2, 0) is 9.47 Å². The summed E-state index contributed by atoms with van der Waals surface area (Å²) < 4.78 is 10.7. The van der Waals surface area contributed by atoms with Gasteiger partial charge in [0.15, 0.2) is 0 Å². The van der Waals surface area contributed by atoms with E-state index in [1.807, 2.05) is 31.2 Å². The number of aliphatic hydroxyl groups excluding tert-OH is 2. The number of nitrogens with one attached hydrogen (secondary N) is 1. The molecule has 0 saturated heterocycles. The van der Waals surface area contributed by atoms with Gasteiger partial charge in [0.2, 0.25) is 0 Å². The van der Waals surface area contributed by atoms with Gasteiger partial charge < -0.3 is 25.0 Å². The zero-order chi connectivity index (χ0) is 15.5. The van der Waals surface area contributed by atoms with E-state index >= 15 is 0 Å². The summed E-state index contributed by atoms with van der Waals surface area (Å²) in [6.45, 7) is 4.14. The summed E-state index contributed by atoms with van der Waals surface area (Å²) in [5.41, 5.74) is 1.02. The van der Waals surface area contributed by atoms with Gasteiger partial charge in [0, 0.05) is 18.1 Å². The summed E-state index contributed by atoms with van der Waals surface area (Å²) in [7, 11) is 0. The standard InChI is InChI=1S/C15H24ClNO4/c1-12(13-2-4-14(16)5-3-13)21-11-15(19)10-17-6-8-20-9-7-18/h2-5,12,15,17-19H,6-11H2,1H3/t12-,15+/m1/s1. The first kappa shape index (κ1) is 18.4. The Morgan fingerprint density at radius 1 is 1.24 bits per heavy atom. The molecule has 3 N–H and O–H groups in total. The number of ether oxygens (including phenoxy) is 2. The van der Waals surface area contributed by atoms with Gasteiger partial charge in [0.1, 0.15) is 0 Å². The van der Waals surface area contributed by atoms with Gasteiger partial charge in [-0.05, 0) is 24.6 Å². The summed E-state index contributed by atoms with van der Waals surface area (Å²) in [4.78, 5) is 0. The van der Waals surface area contributed by atoms with Crippen molar-refractivity contribution in [3.05, 3.63) is 34.9 Å². The van der Waals surface area contributed by atoms with Crippen molar-refractivity contribution in [2.24, 2.45) is 0 Å². The molecule has 0 bridgehead atoms. The first-order valence-corrected chi connectivity index (χ1v) is 7.45. The lowest BCUT2D eigenvalue weighted by atomic mass is 10.1. The van der Waals surface area contributed by atoms with Crippen molar-refractivity contribution < 1.29 is 19.7 Å². The lowest BCUT2D eigenvalue weighted by Gasteiger charge is -2.17. The molecule has 0 saturated carbocycles. The number of benzene rings is 1. The van der Waals surface area contributed by atoms with Gasteiger partial charge in [-0.1, -0.05) is 23.7 Å². The van der Waals surface area contributed by atoms with Crippen LogP contribution in [0, 0.1) is 0 Å². The zero-order valence-electron chi connectivity index (χ0n) is 12.3. The third-order valence-electron chi connectivity index (χ3n) is 2.92. The van der Waals surface area contributed by atoms with Crippen molar-refractivity contribution in [2.45, 2.75) is 19.1 Å². The predicted molar refractivity (Wildman–Crippen MR) is 82.6 cm³/mol. The van der Waals surface area contributed by atoms with Crippen molar-refractivity contribution in [2.75, 3.05) is 39.5 Å². The van der Waals surface area contributed by atoms with Crippen LogP contribution in [0.4, 0.5) is 0 Å². The minimum Gasteiger partial charge on any atom is -0.394 e. The average molecular weight is 318 g/mol. The van der Waals surface area contributed by atoms with Crippen LogP contribution in [0.25, 0.3) is 0 Å². The maximum Gasteiger partial charge on any atom is 0.0897 e. The predicted octanol–water partition coefficient (Wildman–Crippen LogP) is 1.38. The Morgan fingerprint density at radius 3 is 2.62 bits per heavy atom. The number of aliphatic hydroxyl groups is 2. The molecular formula is C15H24ClNO4. The molecule has 0 fully saturated rings. The number of halogens is 1. The molecule has 0 spiro atoms. The Balaban J connectivity index is 2.11. The molecule has 0 aliphatic carbocycles. The topological polar surface area (TPSA) is 71.0 Å². The molecule has 120 valence electrons. The summed E-state index contributed by atoms with van der Waals surface area (Å²) >= 11 is 5.83. The fourth-order valence-electron chi connectivity index (χ4n) is 1.72. The fourth-order valence-corrected chi connectivity index (χ4v) is 1.85. The lowest BCUT2D eigenvalue weighted by Crippen LogP contribution is -2.32. The summed E-state index contributed by atoms with van der Waals surface area (Å²) in [6, 6.07) is 7.47. The van der Waals surface area contributed by atoms with Gasteiger partial charge in [0.25, 0.3) is 0 Å². The van der Waals surface area contributed by atoms with Crippen molar-refractivity contribution in [3.63, 3.8) is 0 Å². The SMILES string of the molecule is C[C@@H](OC[C@@H](O)CNCCOCCO)c1ccc(Cl)cc1. The van der Waals surface area contributed by atoms with Crippen LogP contribution in [-0.4, -0.2) is 55.8 Å². The molecule has 21 heavy (non-hydrogen) atoms. The Hall–Kier alpha value is -0.690. The first-order valence-electron chi connectivity index (χ1n) is 7.08. The van der Waals surface area contributed by atoms with E-state index in [1.54, 1.807) is 0 Å². The Kier molecular flexibility index (Phi) is 9.58. The van der Waals surface area contributed by atoms with Gasteiger partial charge in [-0.2, -0.15) is 0 Å². The van der Waals surface area contributed by atoms with Gasteiger partial charge in [-0.15, -0.1) is 0 Å². The van der Waals surface area contributed by atoms with Gasteiger partial charge in [-0.25, -0.2) is 0 Å². The third-order valence-corrected chi connectivity index (χ3v) is 3.17. The molecular weight excluding hydrogens is 294 g/mol. The van der Waals surface area contributed by atoms with Gasteiger partial charge in [-0.3, -0.25) is 0 Å². The summed E-state index contributed by atoms with van der Waals surface area (Å²) in [6.07, 6.45) is -0.664. The van der Waals surface area contributed by atoms with E-state index in [0.29, 0.717) is 31.3 Å². The number of rotatable bonds is 11. The zero-order valence-corrected chi connectivity index (χ0v) is 13.1. The van der Waals surface area contributed by atoms with E-state index in [4.69, 9.17) is 26.2 Å². The maximum atomic E-state index is 9.80. The maximum absolute atomic E-state index is 9.80. The molecule has 1 aromatic rings. The Morgan fingerprint density at radius 2 is 1.95 bits per heavy atom. The normalized spacial score (nSPS) is 14.1. The second-order valence-corrected chi connectivity index (χ2v) is 5.16. The first-order chi connectivity index (χ1) is 10.1.